The van der Waals surface area contributed by atoms with Crippen molar-refractivity contribution in [1.29, 1.82) is 0 Å². The molecule has 0 bridgehead atoms. The van der Waals surface area contributed by atoms with Crippen LogP contribution in [0, 0.1) is 6.92 Å². The molecule has 21 heavy (non-hydrogen) atoms. The highest BCUT2D eigenvalue weighted by atomic mass is 16.5. The zero-order valence-electron chi connectivity index (χ0n) is 11.6. The van der Waals surface area contributed by atoms with E-state index in [0.717, 1.165) is 0 Å². The lowest BCUT2D eigenvalue weighted by atomic mass is 10.2. The van der Waals surface area contributed by atoms with Crippen LogP contribution in [0.3, 0.4) is 0 Å². The maximum Gasteiger partial charge on any atom is 0.342 e. The van der Waals surface area contributed by atoms with Gasteiger partial charge in [0.2, 0.25) is 0 Å². The number of carbonyl (C=O) groups is 1. The number of rotatable bonds is 4. The molecule has 2 rings (SSSR count). The molecule has 1 aromatic heterocycles. The topological polar surface area (TPSA) is 86.0 Å². The maximum absolute atomic E-state index is 11.9. The number of hydrogen-bond acceptors (Lipinski definition) is 6. The molecule has 1 heterocycles. The Balaban J connectivity index is 2.11. The molecule has 0 atom stereocenters. The van der Waals surface area contributed by atoms with Crippen LogP contribution in [0.1, 0.15) is 21.7 Å². The van der Waals surface area contributed by atoms with Gasteiger partial charge in [0.15, 0.2) is 5.43 Å². The van der Waals surface area contributed by atoms with Crippen LogP contribution in [-0.2, 0) is 11.3 Å². The highest BCUT2D eigenvalue weighted by molar-refractivity contribution is 5.92. The van der Waals surface area contributed by atoms with Gasteiger partial charge in [-0.3, -0.25) is 4.79 Å². The van der Waals surface area contributed by atoms with E-state index in [1.165, 1.54) is 37.6 Å². The van der Waals surface area contributed by atoms with E-state index in [0.29, 0.717) is 11.3 Å². The molecule has 0 radical (unpaired) electrons. The molecule has 2 aromatic rings. The number of aromatic hydroxyl groups is 1. The zero-order chi connectivity index (χ0) is 15.4. The van der Waals surface area contributed by atoms with Crippen LogP contribution < -0.4 is 10.2 Å². The van der Waals surface area contributed by atoms with Crippen LogP contribution in [-0.4, -0.2) is 18.2 Å². The summed E-state index contributed by atoms with van der Waals surface area (Å²) in [6.45, 7) is 1.42. The molecule has 0 spiro atoms. The minimum atomic E-state index is -0.741. The predicted octanol–water partition coefficient (Wildman–Crippen LogP) is 2.02. The van der Waals surface area contributed by atoms with E-state index in [9.17, 15) is 14.7 Å². The minimum absolute atomic E-state index is 0.0243. The summed E-state index contributed by atoms with van der Waals surface area (Å²) in [7, 11) is 1.45. The summed E-state index contributed by atoms with van der Waals surface area (Å²) >= 11 is 0. The van der Waals surface area contributed by atoms with Crippen molar-refractivity contribution in [3.8, 4) is 11.5 Å². The average molecular weight is 290 g/mol. The molecule has 0 saturated heterocycles. The number of esters is 1. The number of benzene rings is 1. The fourth-order valence-corrected chi connectivity index (χ4v) is 1.61. The Bertz CT molecular complexity index is 716. The molecule has 0 saturated carbocycles. The van der Waals surface area contributed by atoms with Gasteiger partial charge in [-0.15, -0.1) is 0 Å². The third-order valence-corrected chi connectivity index (χ3v) is 2.84. The van der Waals surface area contributed by atoms with Gasteiger partial charge in [-0.05, 0) is 25.1 Å². The van der Waals surface area contributed by atoms with Gasteiger partial charge in [-0.25, -0.2) is 4.79 Å². The lowest BCUT2D eigenvalue weighted by molar-refractivity contribution is 0.0439. The number of phenols is 1. The third-order valence-electron chi connectivity index (χ3n) is 2.84. The van der Waals surface area contributed by atoms with Crippen molar-refractivity contribution in [3.63, 3.8) is 0 Å². The van der Waals surface area contributed by atoms with Crippen molar-refractivity contribution in [1.82, 2.24) is 0 Å². The average Bonchev–Trinajstić information content (AvgIpc) is 2.48. The van der Waals surface area contributed by atoms with Gasteiger partial charge in [0, 0.05) is 11.6 Å². The second kappa shape index (κ2) is 6.13. The highest BCUT2D eigenvalue weighted by Gasteiger charge is 2.14. The molecule has 0 aliphatic rings. The smallest absolute Gasteiger partial charge is 0.342 e. The van der Waals surface area contributed by atoms with Crippen molar-refractivity contribution in [2.24, 2.45) is 0 Å². The Morgan fingerprint density at radius 2 is 2.10 bits per heavy atom. The van der Waals surface area contributed by atoms with Crippen molar-refractivity contribution >= 4 is 5.97 Å². The minimum Gasteiger partial charge on any atom is -0.507 e. The van der Waals surface area contributed by atoms with Crippen molar-refractivity contribution < 1.29 is 23.8 Å². The molecule has 1 aromatic carbocycles. The number of methoxy groups -OCH3 is 1. The van der Waals surface area contributed by atoms with Crippen LogP contribution in [0.4, 0.5) is 0 Å². The largest absolute Gasteiger partial charge is 0.507 e. The molecule has 0 fully saturated rings. The predicted molar refractivity (Wildman–Crippen MR) is 73.5 cm³/mol. The number of aryl methyl sites for hydroxylation is 1. The highest BCUT2D eigenvalue weighted by Crippen LogP contribution is 2.23. The van der Waals surface area contributed by atoms with Crippen molar-refractivity contribution in [2.75, 3.05) is 7.11 Å². The first kappa shape index (κ1) is 14.6. The zero-order valence-corrected chi connectivity index (χ0v) is 11.6. The summed E-state index contributed by atoms with van der Waals surface area (Å²) in [5.41, 5.74) is 0.246. The summed E-state index contributed by atoms with van der Waals surface area (Å²) in [5, 5.41) is 9.65. The summed E-state index contributed by atoms with van der Waals surface area (Å²) in [4.78, 5) is 23.3. The number of carbonyl (C=O) groups excluding carboxylic acids is 1. The summed E-state index contributed by atoms with van der Waals surface area (Å²) in [6.07, 6.45) is 1.30. The Morgan fingerprint density at radius 3 is 2.76 bits per heavy atom. The van der Waals surface area contributed by atoms with Gasteiger partial charge < -0.3 is 19.0 Å². The molecule has 110 valence electrons. The SMILES string of the molecule is COc1ccc(O)c(C(=O)OCc2cc(=O)c(C)co2)c1. The normalized spacial score (nSPS) is 10.2. The Kier molecular flexibility index (Phi) is 4.27. The first-order valence-electron chi connectivity index (χ1n) is 6.13. The fourth-order valence-electron chi connectivity index (χ4n) is 1.61. The monoisotopic (exact) mass is 290 g/mol. The first-order chi connectivity index (χ1) is 10.0. The van der Waals surface area contributed by atoms with Gasteiger partial charge in [-0.2, -0.15) is 0 Å². The molecular weight excluding hydrogens is 276 g/mol. The molecule has 0 unspecified atom stereocenters. The van der Waals surface area contributed by atoms with E-state index in [1.54, 1.807) is 6.92 Å². The first-order valence-corrected chi connectivity index (χ1v) is 6.13. The van der Waals surface area contributed by atoms with E-state index < -0.39 is 5.97 Å². The second-order valence-corrected chi connectivity index (χ2v) is 4.35. The van der Waals surface area contributed by atoms with Gasteiger partial charge >= 0.3 is 5.97 Å². The van der Waals surface area contributed by atoms with Crippen LogP contribution >= 0.6 is 0 Å². The molecule has 0 aliphatic heterocycles. The van der Waals surface area contributed by atoms with E-state index in [1.807, 2.05) is 0 Å². The number of ether oxygens (including phenoxy) is 2. The Morgan fingerprint density at radius 1 is 1.33 bits per heavy atom. The summed E-state index contributed by atoms with van der Waals surface area (Å²) in [6, 6.07) is 5.48. The van der Waals surface area contributed by atoms with Crippen molar-refractivity contribution in [3.05, 3.63) is 57.6 Å². The van der Waals surface area contributed by atoms with Gasteiger partial charge in [0.25, 0.3) is 0 Å². The second-order valence-electron chi connectivity index (χ2n) is 4.35. The number of phenolic OH excluding ortho intramolecular Hbond substituents is 1. The quantitative estimate of drug-likeness (QED) is 0.867. The standard InChI is InChI=1S/C15H14O6/c1-9-7-20-11(6-14(9)17)8-21-15(18)12-5-10(19-2)3-4-13(12)16/h3-7,16H,8H2,1-2H3. The van der Waals surface area contributed by atoms with Gasteiger partial charge in [0.1, 0.15) is 29.4 Å². The summed E-state index contributed by atoms with van der Waals surface area (Å²) < 4.78 is 15.1. The third kappa shape index (κ3) is 3.42. The molecule has 1 N–H and O–H groups in total. The van der Waals surface area contributed by atoms with E-state index >= 15 is 0 Å². The Hall–Kier alpha value is -2.76. The van der Waals surface area contributed by atoms with Crippen LogP contribution in [0.2, 0.25) is 0 Å². The van der Waals surface area contributed by atoms with Gasteiger partial charge in [-0.1, -0.05) is 0 Å². The lowest BCUT2D eigenvalue weighted by Gasteiger charge is -2.07. The summed E-state index contributed by atoms with van der Waals surface area (Å²) in [5.74, 6) is -0.316. The van der Waals surface area contributed by atoms with E-state index in [-0.39, 0.29) is 29.1 Å². The van der Waals surface area contributed by atoms with E-state index in [2.05, 4.69) is 0 Å². The lowest BCUT2D eigenvalue weighted by Crippen LogP contribution is -2.09. The van der Waals surface area contributed by atoms with Crippen LogP contribution in [0.5, 0.6) is 11.5 Å². The fraction of sp³-hybridized carbons (Fsp3) is 0.200. The maximum atomic E-state index is 11.9. The van der Waals surface area contributed by atoms with E-state index in [4.69, 9.17) is 13.9 Å². The molecular formula is C15H14O6. The van der Waals surface area contributed by atoms with Crippen LogP contribution in [0.25, 0.3) is 0 Å². The Labute approximate surface area is 120 Å². The van der Waals surface area contributed by atoms with Crippen molar-refractivity contribution in [2.45, 2.75) is 13.5 Å². The molecule has 6 heteroatoms. The molecule has 0 amide bonds. The number of hydrogen-bond donors (Lipinski definition) is 1. The molecule has 0 aliphatic carbocycles. The van der Waals surface area contributed by atoms with Crippen LogP contribution in [0.15, 0.2) is 39.7 Å². The van der Waals surface area contributed by atoms with Gasteiger partial charge in [0.05, 0.1) is 13.4 Å². The molecule has 6 nitrogen and oxygen atoms in total.